The molecule has 0 amide bonds. The van der Waals surface area contributed by atoms with E-state index in [0.29, 0.717) is 5.82 Å². The SMILES string of the molecule is NC=Nc1ccc2[nH]ccc2n1. The van der Waals surface area contributed by atoms with E-state index in [1.807, 2.05) is 24.4 Å². The Morgan fingerprint density at radius 2 is 2.33 bits per heavy atom. The highest BCUT2D eigenvalue weighted by Gasteiger charge is 1.95. The Morgan fingerprint density at radius 3 is 3.17 bits per heavy atom. The van der Waals surface area contributed by atoms with Gasteiger partial charge in [-0.25, -0.2) is 9.98 Å². The summed E-state index contributed by atoms with van der Waals surface area (Å²) in [6, 6.07) is 5.62. The summed E-state index contributed by atoms with van der Waals surface area (Å²) in [5.41, 5.74) is 7.05. The molecule has 0 radical (unpaired) electrons. The van der Waals surface area contributed by atoms with Gasteiger partial charge in [0.05, 0.1) is 17.4 Å². The van der Waals surface area contributed by atoms with Crippen molar-refractivity contribution in [3.05, 3.63) is 24.4 Å². The monoisotopic (exact) mass is 160 g/mol. The lowest BCUT2D eigenvalue weighted by Crippen LogP contribution is -1.87. The highest BCUT2D eigenvalue weighted by Crippen LogP contribution is 2.14. The molecule has 0 aliphatic heterocycles. The molecule has 0 fully saturated rings. The van der Waals surface area contributed by atoms with Gasteiger partial charge in [0.15, 0.2) is 5.82 Å². The highest BCUT2D eigenvalue weighted by molar-refractivity contribution is 5.76. The number of pyridine rings is 1. The number of nitrogens with two attached hydrogens (primary N) is 1. The first-order chi connectivity index (χ1) is 5.90. The van der Waals surface area contributed by atoms with E-state index in [0.717, 1.165) is 11.0 Å². The fourth-order valence-electron chi connectivity index (χ4n) is 1.07. The van der Waals surface area contributed by atoms with Crippen LogP contribution in [0, 0.1) is 0 Å². The zero-order valence-electron chi connectivity index (χ0n) is 6.36. The third-order valence-corrected chi connectivity index (χ3v) is 1.60. The Labute approximate surface area is 69.1 Å². The molecule has 4 nitrogen and oxygen atoms in total. The lowest BCUT2D eigenvalue weighted by atomic mass is 10.4. The predicted molar refractivity (Wildman–Crippen MR) is 48.4 cm³/mol. The molecular weight excluding hydrogens is 152 g/mol. The molecule has 0 unspecified atom stereocenters. The standard InChI is InChI=1S/C8H8N4/c9-5-11-8-2-1-6-7(12-8)3-4-10-6/h1-5,10H,(H2,9,11,12). The normalized spacial score (nSPS) is 11.3. The van der Waals surface area contributed by atoms with E-state index in [9.17, 15) is 0 Å². The third-order valence-electron chi connectivity index (χ3n) is 1.60. The highest BCUT2D eigenvalue weighted by atomic mass is 14.9. The quantitative estimate of drug-likeness (QED) is 0.486. The molecular formula is C8H8N4. The smallest absolute Gasteiger partial charge is 0.154 e. The minimum Gasteiger partial charge on any atom is -0.390 e. The minimum absolute atomic E-state index is 0.629. The van der Waals surface area contributed by atoms with Gasteiger partial charge in [0.2, 0.25) is 0 Å². The average Bonchev–Trinajstić information content (AvgIpc) is 2.51. The summed E-state index contributed by atoms with van der Waals surface area (Å²) < 4.78 is 0. The van der Waals surface area contributed by atoms with Crippen LogP contribution in [0.3, 0.4) is 0 Å². The van der Waals surface area contributed by atoms with Crippen LogP contribution in [-0.2, 0) is 0 Å². The van der Waals surface area contributed by atoms with Crippen molar-refractivity contribution in [2.45, 2.75) is 0 Å². The number of rotatable bonds is 1. The van der Waals surface area contributed by atoms with Gasteiger partial charge in [0, 0.05) is 6.20 Å². The van der Waals surface area contributed by atoms with Gasteiger partial charge in [0.25, 0.3) is 0 Å². The molecule has 0 aliphatic carbocycles. The van der Waals surface area contributed by atoms with Crippen LogP contribution in [0.5, 0.6) is 0 Å². The molecule has 0 saturated heterocycles. The fourth-order valence-corrected chi connectivity index (χ4v) is 1.07. The van der Waals surface area contributed by atoms with Gasteiger partial charge in [-0.1, -0.05) is 0 Å². The van der Waals surface area contributed by atoms with Crippen LogP contribution in [0.25, 0.3) is 11.0 Å². The van der Waals surface area contributed by atoms with Crippen LogP contribution in [0.15, 0.2) is 29.4 Å². The summed E-state index contributed by atoms with van der Waals surface area (Å²) in [5, 5.41) is 0. The molecule has 2 aromatic heterocycles. The molecule has 12 heavy (non-hydrogen) atoms. The first-order valence-corrected chi connectivity index (χ1v) is 3.58. The Balaban J connectivity index is 2.60. The summed E-state index contributed by atoms with van der Waals surface area (Å²) in [5.74, 6) is 0.629. The third kappa shape index (κ3) is 1.03. The molecule has 0 bridgehead atoms. The topological polar surface area (TPSA) is 67.1 Å². The van der Waals surface area contributed by atoms with Gasteiger partial charge in [0.1, 0.15) is 0 Å². The molecule has 2 heterocycles. The molecule has 4 heteroatoms. The lowest BCUT2D eigenvalue weighted by molar-refractivity contribution is 1.33. The molecule has 0 aliphatic rings. The Hall–Kier alpha value is -1.84. The molecule has 0 spiro atoms. The number of aromatic nitrogens is 2. The number of aliphatic imine (C=N–C) groups is 1. The van der Waals surface area contributed by atoms with E-state index < -0.39 is 0 Å². The maximum absolute atomic E-state index is 5.14. The second-order valence-electron chi connectivity index (χ2n) is 2.36. The Kier molecular flexibility index (Phi) is 1.51. The second kappa shape index (κ2) is 2.65. The summed E-state index contributed by atoms with van der Waals surface area (Å²) >= 11 is 0. The van der Waals surface area contributed by atoms with Crippen LogP contribution >= 0.6 is 0 Å². The number of aromatic amines is 1. The second-order valence-corrected chi connectivity index (χ2v) is 2.36. The van der Waals surface area contributed by atoms with Gasteiger partial charge >= 0.3 is 0 Å². The van der Waals surface area contributed by atoms with Crippen LogP contribution in [0.4, 0.5) is 5.82 Å². The molecule has 0 aromatic carbocycles. The van der Waals surface area contributed by atoms with Crippen LogP contribution in [0.1, 0.15) is 0 Å². The van der Waals surface area contributed by atoms with Gasteiger partial charge in [-0.05, 0) is 18.2 Å². The zero-order chi connectivity index (χ0) is 8.39. The maximum atomic E-state index is 5.14. The number of nitrogens with one attached hydrogen (secondary N) is 1. The van der Waals surface area contributed by atoms with Gasteiger partial charge < -0.3 is 10.7 Å². The molecule has 2 aromatic rings. The summed E-state index contributed by atoms with van der Waals surface area (Å²) in [4.78, 5) is 11.1. The number of H-pyrrole nitrogens is 1. The number of hydrogen-bond acceptors (Lipinski definition) is 2. The first kappa shape index (κ1) is 6.84. The maximum Gasteiger partial charge on any atom is 0.154 e. The molecule has 0 saturated carbocycles. The van der Waals surface area contributed by atoms with E-state index in [-0.39, 0.29) is 0 Å². The van der Waals surface area contributed by atoms with Gasteiger partial charge in [-0.15, -0.1) is 0 Å². The van der Waals surface area contributed by atoms with E-state index >= 15 is 0 Å². The first-order valence-electron chi connectivity index (χ1n) is 3.58. The lowest BCUT2D eigenvalue weighted by Gasteiger charge is -1.91. The van der Waals surface area contributed by atoms with Crippen molar-refractivity contribution in [2.75, 3.05) is 0 Å². The summed E-state index contributed by atoms with van der Waals surface area (Å²) in [7, 11) is 0. The molecule has 60 valence electrons. The largest absolute Gasteiger partial charge is 0.390 e. The van der Waals surface area contributed by atoms with Crippen molar-refractivity contribution >= 4 is 23.2 Å². The van der Waals surface area contributed by atoms with Crippen molar-refractivity contribution in [3.8, 4) is 0 Å². The van der Waals surface area contributed by atoms with E-state index in [4.69, 9.17) is 5.73 Å². The Morgan fingerprint density at radius 1 is 1.42 bits per heavy atom. The van der Waals surface area contributed by atoms with Crippen molar-refractivity contribution in [1.29, 1.82) is 0 Å². The summed E-state index contributed by atoms with van der Waals surface area (Å²) in [6.07, 6.45) is 3.08. The van der Waals surface area contributed by atoms with E-state index in [1.54, 1.807) is 0 Å². The Bertz CT molecular complexity index is 416. The van der Waals surface area contributed by atoms with Crippen molar-refractivity contribution < 1.29 is 0 Å². The van der Waals surface area contributed by atoms with Crippen LogP contribution in [-0.4, -0.2) is 16.3 Å². The van der Waals surface area contributed by atoms with Crippen molar-refractivity contribution in [1.82, 2.24) is 9.97 Å². The minimum atomic E-state index is 0.629. The van der Waals surface area contributed by atoms with Crippen molar-refractivity contribution in [2.24, 2.45) is 10.7 Å². The van der Waals surface area contributed by atoms with Crippen LogP contribution < -0.4 is 5.73 Å². The summed E-state index contributed by atoms with van der Waals surface area (Å²) in [6.45, 7) is 0. The van der Waals surface area contributed by atoms with Gasteiger partial charge in [-0.2, -0.15) is 0 Å². The number of nitrogens with zero attached hydrogens (tertiary/aromatic N) is 2. The van der Waals surface area contributed by atoms with Crippen molar-refractivity contribution in [3.63, 3.8) is 0 Å². The average molecular weight is 160 g/mol. The van der Waals surface area contributed by atoms with E-state index in [1.165, 1.54) is 6.34 Å². The number of hydrogen-bond donors (Lipinski definition) is 2. The predicted octanol–water partition coefficient (Wildman–Crippen LogP) is 1.18. The molecule has 0 atom stereocenters. The molecule has 2 rings (SSSR count). The fraction of sp³-hybridized carbons (Fsp3) is 0. The van der Waals surface area contributed by atoms with E-state index in [2.05, 4.69) is 15.0 Å². The van der Waals surface area contributed by atoms with Crippen LogP contribution in [0.2, 0.25) is 0 Å². The number of fused-ring (bicyclic) bond motifs is 1. The van der Waals surface area contributed by atoms with Gasteiger partial charge in [-0.3, -0.25) is 0 Å². The zero-order valence-corrected chi connectivity index (χ0v) is 6.36. The molecule has 3 N–H and O–H groups in total.